The van der Waals surface area contributed by atoms with Crippen LogP contribution in [-0.4, -0.2) is 53.1 Å². The predicted molar refractivity (Wildman–Crippen MR) is 70.8 cm³/mol. The lowest BCUT2D eigenvalue weighted by Gasteiger charge is -2.25. The fourth-order valence-corrected chi connectivity index (χ4v) is 2.22. The number of aromatic nitrogens is 2. The van der Waals surface area contributed by atoms with Crippen molar-refractivity contribution in [3.05, 3.63) is 28.4 Å². The Bertz CT molecular complexity index is 697. The molecule has 0 aromatic carbocycles. The third-order valence-corrected chi connectivity index (χ3v) is 3.41. The number of hydrogen-bond donors (Lipinski definition) is 0. The first-order chi connectivity index (χ1) is 9.65. The number of ether oxygens (including phenoxy) is 1. The Balaban J connectivity index is 1.82. The summed E-state index contributed by atoms with van der Waals surface area (Å²) < 4.78 is 11.6. The van der Waals surface area contributed by atoms with Crippen molar-refractivity contribution >= 4 is 17.0 Å². The van der Waals surface area contributed by atoms with E-state index in [-0.39, 0.29) is 5.78 Å². The van der Waals surface area contributed by atoms with Gasteiger partial charge in [0.2, 0.25) is 0 Å². The highest BCUT2D eigenvalue weighted by Crippen LogP contribution is 2.12. The van der Waals surface area contributed by atoms with E-state index in [1.54, 1.807) is 13.1 Å². The normalized spacial score (nSPS) is 16.6. The van der Waals surface area contributed by atoms with Gasteiger partial charge in [0.1, 0.15) is 0 Å². The molecule has 0 unspecified atom stereocenters. The van der Waals surface area contributed by atoms with Gasteiger partial charge in [0.25, 0.3) is 0 Å². The topological polar surface area (TPSA) is 77.6 Å². The highest BCUT2D eigenvalue weighted by atomic mass is 16.5. The monoisotopic (exact) mass is 277 g/mol. The summed E-state index contributed by atoms with van der Waals surface area (Å²) in [5.74, 6) is -0.516. The molecular weight excluding hydrogens is 262 g/mol. The lowest BCUT2D eigenvalue weighted by Crippen LogP contribution is -2.39. The van der Waals surface area contributed by atoms with E-state index >= 15 is 0 Å². The maximum Gasteiger partial charge on any atom is 0.420 e. The molecule has 0 radical (unpaired) electrons. The van der Waals surface area contributed by atoms with E-state index in [9.17, 15) is 9.59 Å². The standard InChI is InChI=1S/C13H15N3O4/c1-15-12-11(20-13(15)18)6-9(7-14-12)10(17)8-16-2-4-19-5-3-16/h6-7H,2-5,8H2,1H3. The van der Waals surface area contributed by atoms with Crippen molar-refractivity contribution < 1.29 is 13.9 Å². The molecule has 1 aliphatic heterocycles. The number of morpholine rings is 1. The van der Waals surface area contributed by atoms with Gasteiger partial charge in [-0.1, -0.05) is 0 Å². The third kappa shape index (κ3) is 2.37. The highest BCUT2D eigenvalue weighted by molar-refractivity contribution is 5.99. The Morgan fingerprint density at radius 1 is 1.40 bits per heavy atom. The van der Waals surface area contributed by atoms with E-state index in [1.807, 2.05) is 4.90 Å². The zero-order valence-electron chi connectivity index (χ0n) is 11.2. The first-order valence-corrected chi connectivity index (χ1v) is 6.44. The Kier molecular flexibility index (Phi) is 3.37. The van der Waals surface area contributed by atoms with Crippen molar-refractivity contribution in [2.75, 3.05) is 32.8 Å². The van der Waals surface area contributed by atoms with E-state index in [4.69, 9.17) is 9.15 Å². The van der Waals surface area contributed by atoms with Gasteiger partial charge in [-0.2, -0.15) is 0 Å². The van der Waals surface area contributed by atoms with Gasteiger partial charge in [-0.15, -0.1) is 0 Å². The molecule has 0 amide bonds. The van der Waals surface area contributed by atoms with E-state index < -0.39 is 5.76 Å². The first-order valence-electron chi connectivity index (χ1n) is 6.44. The van der Waals surface area contributed by atoms with Gasteiger partial charge in [-0.3, -0.25) is 14.3 Å². The molecule has 0 atom stereocenters. The lowest BCUT2D eigenvalue weighted by atomic mass is 10.1. The molecule has 106 valence electrons. The second-order valence-corrected chi connectivity index (χ2v) is 4.78. The van der Waals surface area contributed by atoms with Gasteiger partial charge in [0, 0.05) is 31.9 Å². The minimum absolute atomic E-state index is 0.0344. The predicted octanol–water partition coefficient (Wildman–Crippen LogP) is 0.0414. The third-order valence-electron chi connectivity index (χ3n) is 3.41. The quantitative estimate of drug-likeness (QED) is 0.737. The van der Waals surface area contributed by atoms with Crippen molar-refractivity contribution in [1.82, 2.24) is 14.5 Å². The largest absolute Gasteiger partial charge is 0.420 e. The number of oxazole rings is 1. The average Bonchev–Trinajstić information content (AvgIpc) is 2.74. The molecule has 2 aromatic rings. The van der Waals surface area contributed by atoms with Crippen LogP contribution in [0.2, 0.25) is 0 Å². The summed E-state index contributed by atoms with van der Waals surface area (Å²) >= 11 is 0. The number of aryl methyl sites for hydroxylation is 1. The maximum atomic E-state index is 12.2. The lowest BCUT2D eigenvalue weighted by molar-refractivity contribution is 0.0371. The van der Waals surface area contributed by atoms with Crippen molar-refractivity contribution in [3.8, 4) is 0 Å². The minimum Gasteiger partial charge on any atom is -0.406 e. The minimum atomic E-state index is -0.481. The number of carbonyl (C=O) groups is 1. The summed E-state index contributed by atoms with van der Waals surface area (Å²) in [5.41, 5.74) is 1.24. The Morgan fingerprint density at radius 2 is 2.15 bits per heavy atom. The van der Waals surface area contributed by atoms with E-state index in [0.717, 1.165) is 13.1 Å². The van der Waals surface area contributed by atoms with Crippen molar-refractivity contribution in [2.24, 2.45) is 7.05 Å². The maximum absolute atomic E-state index is 12.2. The number of Topliss-reactive ketones (excluding diaryl/α,β-unsaturated/α-hetero) is 1. The van der Waals surface area contributed by atoms with Gasteiger partial charge in [-0.25, -0.2) is 9.78 Å². The van der Waals surface area contributed by atoms with Crippen LogP contribution >= 0.6 is 0 Å². The van der Waals surface area contributed by atoms with Crippen LogP contribution in [0.15, 0.2) is 21.5 Å². The Labute approximate surface area is 114 Å². The van der Waals surface area contributed by atoms with Gasteiger partial charge >= 0.3 is 5.76 Å². The van der Waals surface area contributed by atoms with Crippen LogP contribution in [0, 0.1) is 0 Å². The molecule has 2 aromatic heterocycles. The van der Waals surface area contributed by atoms with Gasteiger partial charge in [-0.05, 0) is 6.07 Å². The molecule has 0 saturated carbocycles. The smallest absolute Gasteiger partial charge is 0.406 e. The molecule has 0 spiro atoms. The Hall–Kier alpha value is -1.99. The van der Waals surface area contributed by atoms with Gasteiger partial charge < -0.3 is 9.15 Å². The second-order valence-electron chi connectivity index (χ2n) is 4.78. The second kappa shape index (κ2) is 5.18. The number of pyridine rings is 1. The van der Waals surface area contributed by atoms with Crippen LogP contribution < -0.4 is 5.76 Å². The zero-order chi connectivity index (χ0) is 14.1. The molecule has 0 aliphatic carbocycles. The van der Waals surface area contributed by atoms with Crippen LogP contribution in [0.25, 0.3) is 11.2 Å². The summed E-state index contributed by atoms with van der Waals surface area (Å²) in [6.07, 6.45) is 1.49. The van der Waals surface area contributed by atoms with Crippen molar-refractivity contribution in [1.29, 1.82) is 0 Å². The average molecular weight is 277 g/mol. The van der Waals surface area contributed by atoms with Gasteiger partial charge in [0.15, 0.2) is 17.0 Å². The highest BCUT2D eigenvalue weighted by Gasteiger charge is 2.17. The molecule has 3 heterocycles. The SMILES string of the molecule is Cn1c(=O)oc2cc(C(=O)CN3CCOCC3)cnc21. The van der Waals surface area contributed by atoms with E-state index in [1.165, 1.54) is 10.8 Å². The molecule has 7 heteroatoms. The molecule has 7 nitrogen and oxygen atoms in total. The molecule has 20 heavy (non-hydrogen) atoms. The zero-order valence-corrected chi connectivity index (χ0v) is 11.2. The number of hydrogen-bond acceptors (Lipinski definition) is 6. The number of nitrogens with zero attached hydrogens (tertiary/aromatic N) is 3. The van der Waals surface area contributed by atoms with Crippen LogP contribution in [0.3, 0.4) is 0 Å². The summed E-state index contributed by atoms with van der Waals surface area (Å²) in [6.45, 7) is 3.13. The summed E-state index contributed by atoms with van der Waals surface area (Å²) in [4.78, 5) is 29.7. The summed E-state index contributed by atoms with van der Waals surface area (Å²) in [6, 6.07) is 1.58. The number of fused-ring (bicyclic) bond motifs is 1. The molecular formula is C13H15N3O4. The van der Waals surface area contributed by atoms with Gasteiger partial charge in [0.05, 0.1) is 19.8 Å². The van der Waals surface area contributed by atoms with E-state index in [2.05, 4.69) is 4.98 Å². The molecule has 1 saturated heterocycles. The fraction of sp³-hybridized carbons (Fsp3) is 0.462. The van der Waals surface area contributed by atoms with Crippen LogP contribution in [-0.2, 0) is 11.8 Å². The molecule has 3 rings (SSSR count). The van der Waals surface area contributed by atoms with E-state index in [0.29, 0.717) is 36.6 Å². The van der Waals surface area contributed by atoms with Crippen molar-refractivity contribution in [3.63, 3.8) is 0 Å². The number of rotatable bonds is 3. The molecule has 0 N–H and O–H groups in total. The van der Waals surface area contributed by atoms with Crippen LogP contribution in [0.1, 0.15) is 10.4 Å². The van der Waals surface area contributed by atoms with Crippen LogP contribution in [0.4, 0.5) is 0 Å². The van der Waals surface area contributed by atoms with Crippen molar-refractivity contribution in [2.45, 2.75) is 0 Å². The first kappa shape index (κ1) is 13.0. The fourth-order valence-electron chi connectivity index (χ4n) is 2.22. The summed E-state index contributed by atoms with van der Waals surface area (Å²) in [5, 5.41) is 0. The Morgan fingerprint density at radius 3 is 2.90 bits per heavy atom. The number of carbonyl (C=O) groups excluding carboxylic acids is 1. The number of ketones is 1. The molecule has 1 fully saturated rings. The summed E-state index contributed by atoms with van der Waals surface area (Å²) in [7, 11) is 1.58. The van der Waals surface area contributed by atoms with Crippen LogP contribution in [0.5, 0.6) is 0 Å². The molecule has 1 aliphatic rings. The molecule has 0 bridgehead atoms.